The van der Waals surface area contributed by atoms with Crippen molar-refractivity contribution >= 4 is 51.1 Å². The fraction of sp³-hybridized carbons (Fsp3) is 0.300. The van der Waals surface area contributed by atoms with Gasteiger partial charge in [0.15, 0.2) is 0 Å². The second kappa shape index (κ2) is 13.6. The average molecular weight is 480 g/mol. The molecule has 0 radical (unpaired) electrons. The lowest BCUT2D eigenvalue weighted by molar-refractivity contribution is 0.0591. The molecule has 27 heavy (non-hydrogen) atoms. The van der Waals surface area contributed by atoms with Crippen molar-refractivity contribution in [3.63, 3.8) is 0 Å². The molecule has 0 bridgehead atoms. The fourth-order valence-corrected chi connectivity index (χ4v) is 2.83. The van der Waals surface area contributed by atoms with E-state index >= 15 is 0 Å². The van der Waals surface area contributed by atoms with E-state index in [-0.39, 0.29) is 26.8 Å². The summed E-state index contributed by atoms with van der Waals surface area (Å²) < 4.78 is 9.19. The molecule has 2 aromatic carbocycles. The van der Waals surface area contributed by atoms with Gasteiger partial charge in [0.1, 0.15) is 0 Å². The standard InChI is InChI=1S/C9H8BrClO2.C9H9ClO2.2CH4/c1-13-9(12)8-3-2-7(11)4-6(8)5-10;1-6-5-7(10)3-4-8(6)9(11)12-2;;/h2-4H,5H2,1H3;3-5H,1-2H3;2*1H4. The van der Waals surface area contributed by atoms with Gasteiger partial charge in [0.25, 0.3) is 0 Å². The van der Waals surface area contributed by atoms with Gasteiger partial charge in [-0.3, -0.25) is 0 Å². The maximum Gasteiger partial charge on any atom is 0.338 e. The van der Waals surface area contributed by atoms with E-state index in [2.05, 4.69) is 25.4 Å². The Balaban J connectivity index is 0. The van der Waals surface area contributed by atoms with Gasteiger partial charge >= 0.3 is 11.9 Å². The highest BCUT2D eigenvalue weighted by Crippen LogP contribution is 2.19. The van der Waals surface area contributed by atoms with Gasteiger partial charge in [-0.05, 0) is 54.4 Å². The quantitative estimate of drug-likeness (QED) is 0.361. The molecule has 7 heteroatoms. The van der Waals surface area contributed by atoms with Crippen molar-refractivity contribution in [1.82, 2.24) is 0 Å². The molecule has 0 fully saturated rings. The van der Waals surface area contributed by atoms with Crippen molar-refractivity contribution in [3.05, 3.63) is 68.7 Å². The smallest absolute Gasteiger partial charge is 0.338 e. The lowest BCUT2D eigenvalue weighted by Gasteiger charge is -2.04. The van der Waals surface area contributed by atoms with Crippen LogP contribution in [0.2, 0.25) is 10.0 Å². The highest BCUT2D eigenvalue weighted by atomic mass is 79.9. The van der Waals surface area contributed by atoms with E-state index in [0.29, 0.717) is 26.5 Å². The van der Waals surface area contributed by atoms with Crippen LogP contribution in [0.3, 0.4) is 0 Å². The first-order valence-electron chi connectivity index (χ1n) is 7.11. The third-order valence-corrected chi connectivity index (χ3v) is 4.28. The number of alkyl halides is 1. The minimum absolute atomic E-state index is 0. The summed E-state index contributed by atoms with van der Waals surface area (Å²) >= 11 is 14.8. The Labute approximate surface area is 179 Å². The third kappa shape index (κ3) is 8.33. The number of hydrogen-bond acceptors (Lipinski definition) is 4. The monoisotopic (exact) mass is 478 g/mol. The summed E-state index contributed by atoms with van der Waals surface area (Å²) in [5.41, 5.74) is 2.76. The van der Waals surface area contributed by atoms with Crippen LogP contribution >= 0.6 is 39.1 Å². The van der Waals surface area contributed by atoms with Crippen LogP contribution in [0.1, 0.15) is 46.7 Å². The maximum atomic E-state index is 11.2. The first-order chi connectivity index (χ1) is 11.8. The summed E-state index contributed by atoms with van der Waals surface area (Å²) in [4.78, 5) is 22.3. The minimum atomic E-state index is -0.342. The highest BCUT2D eigenvalue weighted by molar-refractivity contribution is 9.08. The molecular formula is C20H25BrCl2O4. The summed E-state index contributed by atoms with van der Waals surface area (Å²) in [6.45, 7) is 1.82. The molecule has 0 atom stereocenters. The zero-order chi connectivity index (χ0) is 19.0. The average Bonchev–Trinajstić information content (AvgIpc) is 2.60. The van der Waals surface area contributed by atoms with Gasteiger partial charge in [0, 0.05) is 15.4 Å². The molecule has 150 valence electrons. The van der Waals surface area contributed by atoms with Crippen molar-refractivity contribution in [2.24, 2.45) is 0 Å². The Morgan fingerprint density at radius 3 is 1.78 bits per heavy atom. The van der Waals surface area contributed by atoms with Crippen LogP contribution in [-0.2, 0) is 14.8 Å². The summed E-state index contributed by atoms with van der Waals surface area (Å²) in [7, 11) is 2.71. The largest absolute Gasteiger partial charge is 0.465 e. The summed E-state index contributed by atoms with van der Waals surface area (Å²) in [6.07, 6.45) is 0. The van der Waals surface area contributed by atoms with Gasteiger partial charge in [-0.2, -0.15) is 0 Å². The Hall–Kier alpha value is -1.56. The van der Waals surface area contributed by atoms with E-state index in [1.54, 1.807) is 36.4 Å². The van der Waals surface area contributed by atoms with E-state index in [9.17, 15) is 9.59 Å². The number of aryl methyl sites for hydroxylation is 1. The lowest BCUT2D eigenvalue weighted by atomic mass is 10.1. The molecule has 0 saturated heterocycles. The lowest BCUT2D eigenvalue weighted by Crippen LogP contribution is -2.04. The van der Waals surface area contributed by atoms with Gasteiger partial charge in [-0.15, -0.1) is 0 Å². The Morgan fingerprint density at radius 2 is 1.33 bits per heavy atom. The molecule has 4 nitrogen and oxygen atoms in total. The van der Waals surface area contributed by atoms with E-state index in [1.807, 2.05) is 6.92 Å². The number of ether oxygens (including phenoxy) is 2. The molecule has 0 aromatic heterocycles. The van der Waals surface area contributed by atoms with E-state index in [4.69, 9.17) is 23.2 Å². The number of methoxy groups -OCH3 is 2. The molecule has 0 N–H and O–H groups in total. The summed E-state index contributed by atoms with van der Waals surface area (Å²) in [5, 5.41) is 1.82. The predicted molar refractivity (Wildman–Crippen MR) is 116 cm³/mol. The molecule has 2 aromatic rings. The van der Waals surface area contributed by atoms with Crippen LogP contribution in [0.4, 0.5) is 0 Å². The number of hydrogen-bond donors (Lipinski definition) is 0. The van der Waals surface area contributed by atoms with Crippen LogP contribution < -0.4 is 0 Å². The molecule has 0 aliphatic heterocycles. The van der Waals surface area contributed by atoms with E-state index in [1.165, 1.54) is 14.2 Å². The maximum absolute atomic E-state index is 11.2. The van der Waals surface area contributed by atoms with E-state index < -0.39 is 0 Å². The zero-order valence-corrected chi connectivity index (χ0v) is 17.0. The Bertz CT molecular complexity index is 764. The molecule has 0 aliphatic rings. The zero-order valence-electron chi connectivity index (χ0n) is 13.9. The summed E-state index contributed by atoms with van der Waals surface area (Å²) in [5.74, 6) is -0.671. The summed E-state index contributed by atoms with van der Waals surface area (Å²) in [6, 6.07) is 10.1. The van der Waals surface area contributed by atoms with Gasteiger partial charge < -0.3 is 9.47 Å². The molecule has 0 saturated carbocycles. The number of esters is 2. The van der Waals surface area contributed by atoms with Gasteiger partial charge in [-0.25, -0.2) is 9.59 Å². The van der Waals surface area contributed by atoms with Gasteiger partial charge in [-0.1, -0.05) is 54.0 Å². The van der Waals surface area contributed by atoms with Crippen molar-refractivity contribution in [2.75, 3.05) is 14.2 Å². The molecule has 2 rings (SSSR count). The van der Waals surface area contributed by atoms with E-state index in [0.717, 1.165) is 11.1 Å². The first-order valence-corrected chi connectivity index (χ1v) is 8.99. The molecule has 0 spiro atoms. The van der Waals surface area contributed by atoms with Crippen molar-refractivity contribution in [3.8, 4) is 0 Å². The highest BCUT2D eigenvalue weighted by Gasteiger charge is 2.10. The van der Waals surface area contributed by atoms with Crippen molar-refractivity contribution < 1.29 is 19.1 Å². The normalized spacial score (nSPS) is 8.96. The first kappa shape index (κ1) is 27.7. The third-order valence-electron chi connectivity index (χ3n) is 3.21. The van der Waals surface area contributed by atoms with Gasteiger partial charge in [0.2, 0.25) is 0 Å². The molecule has 0 heterocycles. The van der Waals surface area contributed by atoms with Crippen molar-refractivity contribution in [1.29, 1.82) is 0 Å². The van der Waals surface area contributed by atoms with Crippen LogP contribution in [0.5, 0.6) is 0 Å². The SMILES string of the molecule is C.C.COC(=O)c1ccc(Cl)cc1C.COC(=O)c1ccc(Cl)cc1CBr. The van der Waals surface area contributed by atoms with Gasteiger partial charge in [0.05, 0.1) is 25.3 Å². The fourth-order valence-electron chi connectivity index (χ4n) is 1.95. The van der Waals surface area contributed by atoms with Crippen LogP contribution in [0.25, 0.3) is 0 Å². The second-order valence-electron chi connectivity index (χ2n) is 4.88. The number of halogens is 3. The van der Waals surface area contributed by atoms with Crippen LogP contribution in [-0.4, -0.2) is 26.2 Å². The number of carbonyl (C=O) groups is 2. The Morgan fingerprint density at radius 1 is 0.889 bits per heavy atom. The topological polar surface area (TPSA) is 52.6 Å². The second-order valence-corrected chi connectivity index (χ2v) is 6.31. The number of carbonyl (C=O) groups excluding carboxylic acids is 2. The molecule has 0 aliphatic carbocycles. The molecule has 0 amide bonds. The molecule has 0 unspecified atom stereocenters. The molecular weight excluding hydrogens is 455 g/mol. The minimum Gasteiger partial charge on any atom is -0.465 e. The Kier molecular flexibility index (Phi) is 13.9. The number of rotatable bonds is 3. The number of benzene rings is 2. The van der Waals surface area contributed by atoms with Crippen LogP contribution in [0, 0.1) is 6.92 Å². The van der Waals surface area contributed by atoms with Crippen LogP contribution in [0.15, 0.2) is 36.4 Å². The predicted octanol–water partition coefficient (Wildman–Crippen LogP) is 6.73. The van der Waals surface area contributed by atoms with Crippen molar-refractivity contribution in [2.45, 2.75) is 27.1 Å².